The number of benzene rings is 1. The van der Waals surface area contributed by atoms with Crippen molar-refractivity contribution in [3.05, 3.63) is 35.4 Å². The molecular formula is C14H20N2O2. The summed E-state index contributed by atoms with van der Waals surface area (Å²) in [6.45, 7) is 4.06. The summed E-state index contributed by atoms with van der Waals surface area (Å²) in [5.41, 5.74) is 2.37. The van der Waals surface area contributed by atoms with Crippen molar-refractivity contribution in [3.8, 4) is 0 Å². The van der Waals surface area contributed by atoms with Crippen molar-refractivity contribution in [2.45, 2.75) is 33.2 Å². The van der Waals surface area contributed by atoms with Gasteiger partial charge in [-0.1, -0.05) is 37.6 Å². The fraction of sp³-hybridized carbons (Fsp3) is 0.429. The van der Waals surface area contributed by atoms with E-state index < -0.39 is 0 Å². The van der Waals surface area contributed by atoms with Gasteiger partial charge in [0.2, 0.25) is 11.8 Å². The molecule has 2 amide bonds. The predicted octanol–water partition coefficient (Wildman–Crippen LogP) is 1.39. The van der Waals surface area contributed by atoms with Crippen LogP contribution in [0.3, 0.4) is 0 Å². The van der Waals surface area contributed by atoms with Gasteiger partial charge < -0.3 is 10.6 Å². The second-order valence-corrected chi connectivity index (χ2v) is 4.25. The highest BCUT2D eigenvalue weighted by Crippen LogP contribution is 2.06. The van der Waals surface area contributed by atoms with Gasteiger partial charge in [0.25, 0.3) is 0 Å². The quantitative estimate of drug-likeness (QED) is 0.799. The number of hydrogen-bond acceptors (Lipinski definition) is 2. The summed E-state index contributed by atoms with van der Waals surface area (Å²) in [7, 11) is 0. The van der Waals surface area contributed by atoms with Gasteiger partial charge in [0, 0.05) is 13.5 Å². The molecular weight excluding hydrogens is 228 g/mol. The van der Waals surface area contributed by atoms with Crippen LogP contribution >= 0.6 is 0 Å². The van der Waals surface area contributed by atoms with Crippen molar-refractivity contribution in [1.82, 2.24) is 10.6 Å². The van der Waals surface area contributed by atoms with E-state index >= 15 is 0 Å². The van der Waals surface area contributed by atoms with Crippen LogP contribution in [0.1, 0.15) is 31.4 Å². The third-order valence-electron chi connectivity index (χ3n) is 2.55. The number of amides is 2. The van der Waals surface area contributed by atoms with Crippen molar-refractivity contribution in [2.24, 2.45) is 0 Å². The molecule has 0 unspecified atom stereocenters. The molecule has 1 rings (SSSR count). The third kappa shape index (κ3) is 5.48. The van der Waals surface area contributed by atoms with Gasteiger partial charge in [0.1, 0.15) is 0 Å². The Balaban J connectivity index is 2.34. The average Bonchev–Trinajstić information content (AvgIpc) is 2.36. The molecule has 98 valence electrons. The minimum atomic E-state index is -0.200. The molecule has 0 spiro atoms. The fourth-order valence-corrected chi connectivity index (χ4v) is 1.58. The molecule has 2 N–H and O–H groups in total. The molecule has 1 aromatic carbocycles. The maximum atomic E-state index is 11.4. The lowest BCUT2D eigenvalue weighted by Gasteiger charge is -2.06. The van der Waals surface area contributed by atoms with Crippen molar-refractivity contribution in [2.75, 3.05) is 6.54 Å². The Labute approximate surface area is 108 Å². The van der Waals surface area contributed by atoms with Gasteiger partial charge in [-0.3, -0.25) is 9.59 Å². The molecule has 0 radical (unpaired) electrons. The second kappa shape index (κ2) is 7.48. The molecule has 0 fully saturated rings. The van der Waals surface area contributed by atoms with Crippen LogP contribution in [0.4, 0.5) is 0 Å². The lowest BCUT2D eigenvalue weighted by Crippen LogP contribution is -2.35. The van der Waals surface area contributed by atoms with E-state index in [1.54, 1.807) is 0 Å². The molecule has 4 nitrogen and oxygen atoms in total. The molecule has 4 heteroatoms. The van der Waals surface area contributed by atoms with Crippen molar-refractivity contribution in [1.29, 1.82) is 0 Å². The highest BCUT2D eigenvalue weighted by molar-refractivity contribution is 5.83. The lowest BCUT2D eigenvalue weighted by molar-refractivity contribution is -0.125. The van der Waals surface area contributed by atoms with Gasteiger partial charge in [0.05, 0.1) is 6.54 Å². The first-order valence-corrected chi connectivity index (χ1v) is 6.20. The van der Waals surface area contributed by atoms with Gasteiger partial charge in [-0.05, 0) is 17.5 Å². The monoisotopic (exact) mass is 248 g/mol. The van der Waals surface area contributed by atoms with Crippen LogP contribution in [0.5, 0.6) is 0 Å². The summed E-state index contributed by atoms with van der Waals surface area (Å²) >= 11 is 0. The van der Waals surface area contributed by atoms with Crippen LogP contribution in [-0.2, 0) is 22.6 Å². The highest BCUT2D eigenvalue weighted by atomic mass is 16.2. The van der Waals surface area contributed by atoms with E-state index in [0.29, 0.717) is 6.54 Å². The van der Waals surface area contributed by atoms with E-state index in [0.717, 1.165) is 18.4 Å². The highest BCUT2D eigenvalue weighted by Gasteiger charge is 2.01. The summed E-state index contributed by atoms with van der Waals surface area (Å²) in [6, 6.07) is 8.20. The normalized spacial score (nSPS) is 9.89. The van der Waals surface area contributed by atoms with Crippen LogP contribution in [0.15, 0.2) is 24.3 Å². The van der Waals surface area contributed by atoms with Crippen molar-refractivity contribution in [3.63, 3.8) is 0 Å². The largest absolute Gasteiger partial charge is 0.350 e. The Morgan fingerprint density at radius 2 is 1.67 bits per heavy atom. The van der Waals surface area contributed by atoms with E-state index in [9.17, 15) is 9.59 Å². The van der Waals surface area contributed by atoms with Crippen LogP contribution in [0.25, 0.3) is 0 Å². The molecule has 0 bridgehead atoms. The van der Waals surface area contributed by atoms with Crippen molar-refractivity contribution < 1.29 is 9.59 Å². The average molecular weight is 248 g/mol. The molecule has 0 aromatic heterocycles. The number of rotatable bonds is 6. The van der Waals surface area contributed by atoms with Gasteiger partial charge in [-0.15, -0.1) is 0 Å². The zero-order chi connectivity index (χ0) is 13.4. The van der Waals surface area contributed by atoms with Crippen LogP contribution in [0.2, 0.25) is 0 Å². The summed E-state index contributed by atoms with van der Waals surface area (Å²) in [5, 5.41) is 5.21. The molecule has 18 heavy (non-hydrogen) atoms. The smallest absolute Gasteiger partial charge is 0.239 e. The Bertz CT molecular complexity index is 399. The van der Waals surface area contributed by atoms with Crippen LogP contribution in [-0.4, -0.2) is 18.4 Å². The minimum absolute atomic E-state index is 0.0310. The van der Waals surface area contributed by atoms with Gasteiger partial charge in [-0.2, -0.15) is 0 Å². The third-order valence-corrected chi connectivity index (χ3v) is 2.55. The maximum absolute atomic E-state index is 11.4. The van der Waals surface area contributed by atoms with E-state index in [2.05, 4.69) is 29.7 Å². The lowest BCUT2D eigenvalue weighted by atomic mass is 10.1. The van der Waals surface area contributed by atoms with E-state index in [4.69, 9.17) is 0 Å². The first-order chi connectivity index (χ1) is 8.61. The number of hydrogen-bond donors (Lipinski definition) is 2. The zero-order valence-corrected chi connectivity index (χ0v) is 11.0. The van der Waals surface area contributed by atoms with E-state index in [1.807, 2.05) is 12.1 Å². The summed E-state index contributed by atoms with van der Waals surface area (Å²) in [6.07, 6.45) is 2.21. The fourth-order valence-electron chi connectivity index (χ4n) is 1.58. The van der Waals surface area contributed by atoms with E-state index in [-0.39, 0.29) is 18.4 Å². The number of aryl methyl sites for hydroxylation is 1. The first kappa shape index (κ1) is 14.2. The van der Waals surface area contributed by atoms with Gasteiger partial charge >= 0.3 is 0 Å². The number of carbonyl (C=O) groups excluding carboxylic acids is 2. The molecule has 1 aromatic rings. The summed E-state index contributed by atoms with van der Waals surface area (Å²) in [4.78, 5) is 22.0. The van der Waals surface area contributed by atoms with Crippen LogP contribution in [0, 0.1) is 0 Å². The number of carbonyl (C=O) groups is 2. The molecule has 0 aliphatic rings. The van der Waals surface area contributed by atoms with Crippen molar-refractivity contribution >= 4 is 11.8 Å². The Morgan fingerprint density at radius 3 is 2.22 bits per heavy atom. The molecule has 0 saturated carbocycles. The second-order valence-electron chi connectivity index (χ2n) is 4.25. The van der Waals surface area contributed by atoms with Crippen LogP contribution < -0.4 is 10.6 Å². The standard InChI is InChI=1S/C14H20N2O2/c1-3-4-12-5-7-13(8-6-12)9-16-14(18)10-15-11(2)17/h5-8H,3-4,9-10H2,1-2H3,(H,15,17)(H,16,18). The maximum Gasteiger partial charge on any atom is 0.239 e. The van der Waals surface area contributed by atoms with E-state index in [1.165, 1.54) is 12.5 Å². The van der Waals surface area contributed by atoms with Gasteiger partial charge in [0.15, 0.2) is 0 Å². The Morgan fingerprint density at radius 1 is 1.06 bits per heavy atom. The first-order valence-electron chi connectivity index (χ1n) is 6.20. The predicted molar refractivity (Wildman–Crippen MR) is 71.0 cm³/mol. The van der Waals surface area contributed by atoms with Gasteiger partial charge in [-0.25, -0.2) is 0 Å². The summed E-state index contributed by atoms with van der Waals surface area (Å²) < 4.78 is 0. The molecule has 0 atom stereocenters. The zero-order valence-electron chi connectivity index (χ0n) is 11.0. The Hall–Kier alpha value is -1.84. The molecule has 0 aliphatic carbocycles. The SMILES string of the molecule is CCCc1ccc(CNC(=O)CNC(C)=O)cc1. The Kier molecular flexibility index (Phi) is 5.91. The summed E-state index contributed by atoms with van der Waals surface area (Å²) in [5.74, 6) is -0.378. The molecule has 0 saturated heterocycles. The number of nitrogens with one attached hydrogen (secondary N) is 2. The molecule has 0 heterocycles. The minimum Gasteiger partial charge on any atom is -0.350 e. The molecule has 0 aliphatic heterocycles. The topological polar surface area (TPSA) is 58.2 Å².